The van der Waals surface area contributed by atoms with E-state index in [1.807, 2.05) is 18.2 Å². The zero-order valence-electron chi connectivity index (χ0n) is 32.9. The Morgan fingerprint density at radius 2 is 1.47 bits per heavy atom. The van der Waals surface area contributed by atoms with E-state index in [2.05, 4.69) is 58.8 Å². The lowest BCUT2D eigenvalue weighted by Gasteiger charge is -2.72. The molecule has 53 heavy (non-hydrogen) atoms. The smallest absolute Gasteiger partial charge is 0.335 e. The number of hydrogen-bond donors (Lipinski definition) is 4. The summed E-state index contributed by atoms with van der Waals surface area (Å²) in [6, 6.07) is 13.9. The van der Waals surface area contributed by atoms with Crippen LogP contribution in [0.25, 0.3) is 0 Å². The van der Waals surface area contributed by atoms with Crippen molar-refractivity contribution in [3.63, 3.8) is 0 Å². The Morgan fingerprint density at radius 1 is 0.755 bits per heavy atom. The van der Waals surface area contributed by atoms with Crippen LogP contribution >= 0.6 is 0 Å². The second kappa shape index (κ2) is 13.4. The highest BCUT2D eigenvalue weighted by Crippen LogP contribution is 2.77. The van der Waals surface area contributed by atoms with Gasteiger partial charge in [-0.2, -0.15) is 0 Å². The van der Waals surface area contributed by atoms with Gasteiger partial charge in [-0.25, -0.2) is 4.79 Å². The molecule has 2 aromatic carbocycles. The van der Waals surface area contributed by atoms with Crippen LogP contribution in [0.2, 0.25) is 0 Å². The maximum Gasteiger partial charge on any atom is 0.335 e. The van der Waals surface area contributed by atoms with E-state index in [0.717, 1.165) is 56.1 Å². The summed E-state index contributed by atoms with van der Waals surface area (Å²) in [4.78, 5) is 39.0. The Bertz CT molecular complexity index is 1780. The Kier molecular flexibility index (Phi) is 9.56. The molecule has 0 aromatic heterocycles. The summed E-state index contributed by atoms with van der Waals surface area (Å²) >= 11 is 0. The van der Waals surface area contributed by atoms with Crippen molar-refractivity contribution in [3.05, 3.63) is 82.9 Å². The average Bonchev–Trinajstić information content (AvgIpc) is 3.53. The monoisotopic (exact) mass is 722 g/mol. The van der Waals surface area contributed by atoms with Crippen LogP contribution in [0.4, 0.5) is 0 Å². The number of nitrogens with one attached hydrogen (secondary N) is 2. The number of carbonyl (C=O) groups is 3. The molecule has 7 heteroatoms. The molecular weight excluding hydrogens is 661 g/mol. The first-order valence-electron chi connectivity index (χ1n) is 20.3. The fourth-order valence-corrected chi connectivity index (χ4v) is 13.8. The van der Waals surface area contributed by atoms with E-state index in [4.69, 9.17) is 5.11 Å². The Balaban J connectivity index is 1.08. The minimum absolute atomic E-state index is 0.0661. The topological polar surface area (TPSA) is 116 Å². The Hall–Kier alpha value is -3.45. The van der Waals surface area contributed by atoms with Crippen LogP contribution in [0.3, 0.4) is 0 Å². The van der Waals surface area contributed by atoms with Gasteiger partial charge in [0, 0.05) is 18.7 Å². The van der Waals surface area contributed by atoms with Crippen molar-refractivity contribution in [1.82, 2.24) is 10.6 Å². The van der Waals surface area contributed by atoms with Gasteiger partial charge >= 0.3 is 5.97 Å². The Morgan fingerprint density at radius 3 is 2.17 bits per heavy atom. The van der Waals surface area contributed by atoms with Crippen LogP contribution in [0.5, 0.6) is 0 Å². The van der Waals surface area contributed by atoms with Gasteiger partial charge in [-0.15, -0.1) is 0 Å². The molecule has 4 N–H and O–H groups in total. The number of benzene rings is 2. The number of carboxylic acid groups (broad SMARTS) is 1. The molecule has 8 unspecified atom stereocenters. The number of allylic oxidation sites excluding steroid dienone is 1. The van der Waals surface area contributed by atoms with Gasteiger partial charge in [-0.05, 0) is 158 Å². The van der Waals surface area contributed by atoms with Gasteiger partial charge in [0.25, 0.3) is 5.91 Å². The molecule has 5 fully saturated rings. The number of carboxylic acids is 1. The van der Waals surface area contributed by atoms with E-state index in [-0.39, 0.29) is 57.6 Å². The molecule has 0 spiro atoms. The van der Waals surface area contributed by atoms with Gasteiger partial charge in [0.1, 0.15) is 0 Å². The molecule has 5 saturated carbocycles. The number of rotatable bonds is 8. The minimum Gasteiger partial charge on any atom is -0.478 e. The third-order valence-corrected chi connectivity index (χ3v) is 16.8. The van der Waals surface area contributed by atoms with Crippen LogP contribution < -0.4 is 10.6 Å². The highest BCUT2D eigenvalue weighted by molar-refractivity contribution is 5.94. The van der Waals surface area contributed by atoms with E-state index in [1.165, 1.54) is 37.0 Å². The van der Waals surface area contributed by atoms with Crippen molar-refractivity contribution in [2.24, 2.45) is 56.7 Å². The summed E-state index contributed by atoms with van der Waals surface area (Å²) in [7, 11) is 0. The molecule has 5 aliphatic rings. The highest BCUT2D eigenvalue weighted by atomic mass is 16.4. The quantitative estimate of drug-likeness (QED) is 0.203. The normalized spacial score (nSPS) is 38.3. The van der Waals surface area contributed by atoms with E-state index < -0.39 is 11.4 Å². The first kappa shape index (κ1) is 37.8. The summed E-state index contributed by atoms with van der Waals surface area (Å²) in [6.45, 7) is 19.8. The zero-order valence-corrected chi connectivity index (χ0v) is 32.9. The second-order valence-electron chi connectivity index (χ2n) is 19.3. The minimum atomic E-state index is -0.982. The second-order valence-corrected chi connectivity index (χ2v) is 19.3. The molecule has 0 radical (unpaired) electrons. The highest BCUT2D eigenvalue weighted by Gasteiger charge is 2.71. The fraction of sp³-hybridized carbons (Fsp3) is 0.630. The summed E-state index contributed by atoms with van der Waals surface area (Å²) in [5.41, 5.74) is 3.72. The Labute approximate surface area is 316 Å². The summed E-state index contributed by atoms with van der Waals surface area (Å²) in [6.07, 6.45) is 10.4. The maximum atomic E-state index is 14.7. The van der Waals surface area contributed by atoms with Crippen molar-refractivity contribution in [2.75, 3.05) is 0 Å². The third kappa shape index (κ3) is 5.90. The van der Waals surface area contributed by atoms with Crippen molar-refractivity contribution < 1.29 is 24.6 Å². The van der Waals surface area contributed by atoms with Crippen LogP contribution in [0.15, 0.2) is 60.7 Å². The fourth-order valence-electron chi connectivity index (χ4n) is 13.8. The lowest BCUT2D eigenvalue weighted by molar-refractivity contribution is -0.246. The van der Waals surface area contributed by atoms with Crippen LogP contribution in [0, 0.1) is 56.7 Å². The molecule has 2 amide bonds. The summed E-state index contributed by atoms with van der Waals surface area (Å²) < 4.78 is 0. The average molecular weight is 723 g/mol. The first-order chi connectivity index (χ1) is 25.0. The lowest BCUT2D eigenvalue weighted by atomic mass is 9.32. The number of amides is 2. The van der Waals surface area contributed by atoms with Crippen molar-refractivity contribution >= 4 is 17.8 Å². The van der Waals surface area contributed by atoms with Crippen LogP contribution in [-0.2, 0) is 17.9 Å². The number of fused-ring (bicyclic) bond motifs is 7. The molecular formula is C46H62N2O5. The number of hydrogen-bond acceptors (Lipinski definition) is 4. The van der Waals surface area contributed by atoms with Crippen molar-refractivity contribution in [1.29, 1.82) is 0 Å². The predicted octanol–water partition coefficient (Wildman–Crippen LogP) is 8.95. The SMILES string of the molecule is C=C(C)[C@@H]1CCC2(C(=O)NCc3cccc(C(=O)NCc4ccc(C(=O)O)cc4)c3)CC[C@]3(C)C(CCC4C5(C)CCC(O)C(C)(C)C5CCC43C)C12. The number of carbonyl (C=O) groups excluding carboxylic acids is 2. The molecule has 0 saturated heterocycles. The van der Waals surface area contributed by atoms with E-state index in [9.17, 15) is 19.5 Å². The van der Waals surface area contributed by atoms with Crippen molar-refractivity contribution in [3.8, 4) is 0 Å². The van der Waals surface area contributed by atoms with Gasteiger partial charge in [0.2, 0.25) is 5.91 Å². The summed E-state index contributed by atoms with van der Waals surface area (Å²) in [5, 5.41) is 26.6. The first-order valence-corrected chi connectivity index (χ1v) is 20.3. The standard InChI is InChI=1S/C46H62N2O5/c1-28(2)33-17-22-46(41(53)48-27-30-9-8-10-32(25-30)39(50)47-26-29-11-13-31(14-12-29)40(51)52)24-23-44(6)34(38(33)46)15-16-36-43(5)20-19-37(49)42(3,4)35(43)18-21-45(36,44)7/h8-14,25,33-38,49H,1,15-24,26-27H2,2-7H3,(H,47,50)(H,48,53)(H,51,52)/t33-,34?,35?,36?,37?,38?,43?,44+,45?,46?/m0/s1. The molecule has 2 aromatic rings. The van der Waals surface area contributed by atoms with Gasteiger partial charge in [-0.1, -0.05) is 71.0 Å². The number of aromatic carboxylic acids is 1. The molecule has 286 valence electrons. The zero-order chi connectivity index (χ0) is 38.1. The largest absolute Gasteiger partial charge is 0.478 e. The maximum absolute atomic E-state index is 14.7. The van der Waals surface area contributed by atoms with Gasteiger partial charge in [0.15, 0.2) is 0 Å². The van der Waals surface area contributed by atoms with Gasteiger partial charge < -0.3 is 20.8 Å². The molecule has 5 aliphatic carbocycles. The third-order valence-electron chi connectivity index (χ3n) is 16.8. The van der Waals surface area contributed by atoms with E-state index in [1.54, 1.807) is 18.2 Å². The molecule has 0 heterocycles. The number of aliphatic hydroxyl groups excluding tert-OH is 1. The van der Waals surface area contributed by atoms with E-state index >= 15 is 0 Å². The van der Waals surface area contributed by atoms with Crippen LogP contribution in [-0.4, -0.2) is 34.1 Å². The molecule has 10 atom stereocenters. The van der Waals surface area contributed by atoms with Crippen molar-refractivity contribution in [2.45, 2.75) is 125 Å². The number of aliphatic hydroxyl groups is 1. The van der Waals surface area contributed by atoms with Crippen LogP contribution in [0.1, 0.15) is 138 Å². The predicted molar refractivity (Wildman–Crippen MR) is 208 cm³/mol. The molecule has 0 aliphatic heterocycles. The molecule has 7 nitrogen and oxygen atoms in total. The lowest BCUT2D eigenvalue weighted by Crippen LogP contribution is -2.67. The van der Waals surface area contributed by atoms with Gasteiger partial charge in [-0.3, -0.25) is 9.59 Å². The molecule has 7 rings (SSSR count). The van der Waals surface area contributed by atoms with Gasteiger partial charge in [0.05, 0.1) is 17.1 Å². The molecule has 0 bridgehead atoms. The van der Waals surface area contributed by atoms with E-state index in [0.29, 0.717) is 35.8 Å². The summed E-state index contributed by atoms with van der Waals surface area (Å²) in [5.74, 6) is 1.19.